The molecule has 0 bridgehead atoms. The van der Waals surface area contributed by atoms with E-state index in [4.69, 9.17) is 16.3 Å². The lowest BCUT2D eigenvalue weighted by Gasteiger charge is -2.13. The van der Waals surface area contributed by atoms with Crippen LogP contribution in [0.15, 0.2) is 18.5 Å². The predicted octanol–water partition coefficient (Wildman–Crippen LogP) is 4.49. The summed E-state index contributed by atoms with van der Waals surface area (Å²) in [5.41, 5.74) is 2.41. The van der Waals surface area contributed by atoms with Crippen LogP contribution in [-0.4, -0.2) is 28.0 Å². The zero-order valence-electron chi connectivity index (χ0n) is 15.2. The van der Waals surface area contributed by atoms with E-state index < -0.39 is 4.92 Å². The average Bonchev–Trinajstić information content (AvgIpc) is 2.61. The molecule has 140 valence electrons. The van der Waals surface area contributed by atoms with Crippen LogP contribution in [-0.2, 0) is 6.42 Å². The van der Waals surface area contributed by atoms with Crippen LogP contribution in [0.1, 0.15) is 36.6 Å². The van der Waals surface area contributed by atoms with Gasteiger partial charge >= 0.3 is 5.69 Å². The van der Waals surface area contributed by atoms with E-state index >= 15 is 0 Å². The second kappa shape index (κ2) is 9.33. The van der Waals surface area contributed by atoms with Crippen molar-refractivity contribution >= 4 is 23.1 Å². The number of nitrogens with zero attached hydrogens (tertiary/aromatic N) is 3. The Kier molecular flexibility index (Phi) is 7.15. The lowest BCUT2D eigenvalue weighted by molar-refractivity contribution is -0.386. The summed E-state index contributed by atoms with van der Waals surface area (Å²) in [5, 5.41) is 14.9. The Bertz CT molecular complexity index is 783. The molecule has 0 amide bonds. The number of aromatic nitrogens is 2. The number of benzene rings is 1. The Labute approximate surface area is 157 Å². The Hall–Kier alpha value is -2.41. The van der Waals surface area contributed by atoms with Crippen molar-refractivity contribution in [2.45, 2.75) is 40.0 Å². The Balaban J connectivity index is 2.04. The summed E-state index contributed by atoms with van der Waals surface area (Å²) >= 11 is 6.12. The molecule has 0 unspecified atom stereocenters. The molecule has 0 spiro atoms. The zero-order valence-corrected chi connectivity index (χ0v) is 16.0. The van der Waals surface area contributed by atoms with Crippen LogP contribution >= 0.6 is 11.6 Å². The van der Waals surface area contributed by atoms with Crippen molar-refractivity contribution < 1.29 is 9.66 Å². The number of unbranched alkanes of at least 4 members (excludes halogenated alkanes) is 1. The molecule has 7 nitrogen and oxygen atoms in total. The molecule has 0 saturated heterocycles. The molecule has 2 aromatic rings. The summed E-state index contributed by atoms with van der Waals surface area (Å²) in [6.07, 6.45) is 4.29. The fourth-order valence-electron chi connectivity index (χ4n) is 2.58. The summed E-state index contributed by atoms with van der Waals surface area (Å²) in [7, 11) is 0. The van der Waals surface area contributed by atoms with Gasteiger partial charge in [0.25, 0.3) is 0 Å². The van der Waals surface area contributed by atoms with Gasteiger partial charge in [-0.1, -0.05) is 31.0 Å². The van der Waals surface area contributed by atoms with Gasteiger partial charge in [-0.2, -0.15) is 0 Å². The highest BCUT2D eigenvalue weighted by Gasteiger charge is 2.19. The number of nitro benzene ring substituents is 1. The standard InChI is InChI=1S/C18H23ClN4O3/c1-4-5-6-14-9-12(2)17(15(10-14)23(24)25)26-8-7-20-18-16(19)13(3)21-11-22-18/h9-11H,4-8H2,1-3H3,(H,20,21,22). The number of aryl methyl sites for hydroxylation is 3. The second-order valence-corrected chi connectivity index (χ2v) is 6.40. The highest BCUT2D eigenvalue weighted by atomic mass is 35.5. The number of nitrogens with one attached hydrogen (secondary N) is 1. The number of rotatable bonds is 9. The summed E-state index contributed by atoms with van der Waals surface area (Å²) < 4.78 is 5.69. The van der Waals surface area contributed by atoms with Crippen molar-refractivity contribution in [3.8, 4) is 5.75 Å². The summed E-state index contributed by atoms with van der Waals surface area (Å²) in [4.78, 5) is 19.1. The largest absolute Gasteiger partial charge is 0.485 e. The van der Waals surface area contributed by atoms with Crippen LogP contribution < -0.4 is 10.1 Å². The van der Waals surface area contributed by atoms with Gasteiger partial charge in [0.1, 0.15) is 23.8 Å². The van der Waals surface area contributed by atoms with Crippen molar-refractivity contribution in [3.63, 3.8) is 0 Å². The van der Waals surface area contributed by atoms with Gasteiger partial charge in [-0.15, -0.1) is 0 Å². The number of ether oxygens (including phenoxy) is 1. The van der Waals surface area contributed by atoms with E-state index in [-0.39, 0.29) is 12.3 Å². The van der Waals surface area contributed by atoms with Crippen molar-refractivity contribution in [1.29, 1.82) is 0 Å². The molecular formula is C18H23ClN4O3. The SMILES string of the molecule is CCCCc1cc(C)c(OCCNc2ncnc(C)c2Cl)c([N+](=O)[O-])c1. The number of hydrogen-bond acceptors (Lipinski definition) is 6. The molecule has 1 aromatic heterocycles. The number of halogens is 1. The maximum atomic E-state index is 11.4. The monoisotopic (exact) mass is 378 g/mol. The lowest BCUT2D eigenvalue weighted by Crippen LogP contribution is -2.14. The lowest BCUT2D eigenvalue weighted by atomic mass is 10.0. The third-order valence-electron chi connectivity index (χ3n) is 3.94. The van der Waals surface area contributed by atoms with Crippen molar-refractivity contribution in [2.75, 3.05) is 18.5 Å². The molecule has 8 heteroatoms. The van der Waals surface area contributed by atoms with E-state index in [0.717, 1.165) is 30.4 Å². The Morgan fingerprint density at radius 1 is 1.31 bits per heavy atom. The van der Waals surface area contributed by atoms with Crippen molar-refractivity contribution in [3.05, 3.63) is 50.4 Å². The molecule has 0 radical (unpaired) electrons. The fraction of sp³-hybridized carbons (Fsp3) is 0.444. The third kappa shape index (κ3) is 5.05. The molecule has 0 aliphatic carbocycles. The van der Waals surface area contributed by atoms with Crippen LogP contribution in [0.4, 0.5) is 11.5 Å². The molecule has 0 saturated carbocycles. The summed E-state index contributed by atoms with van der Waals surface area (Å²) in [5.74, 6) is 0.825. The quantitative estimate of drug-likeness (QED) is 0.393. The number of hydrogen-bond donors (Lipinski definition) is 1. The van der Waals surface area contributed by atoms with E-state index in [1.165, 1.54) is 6.33 Å². The van der Waals surface area contributed by atoms with Gasteiger partial charge in [0.2, 0.25) is 0 Å². The fourth-order valence-corrected chi connectivity index (χ4v) is 2.75. The van der Waals surface area contributed by atoms with E-state index in [1.807, 2.05) is 13.0 Å². The van der Waals surface area contributed by atoms with Gasteiger partial charge in [0, 0.05) is 6.07 Å². The highest BCUT2D eigenvalue weighted by molar-refractivity contribution is 6.33. The minimum absolute atomic E-state index is 0.00650. The minimum atomic E-state index is -0.393. The zero-order chi connectivity index (χ0) is 19.1. The molecule has 0 atom stereocenters. The number of nitro groups is 1. The van der Waals surface area contributed by atoms with Crippen LogP contribution in [0.5, 0.6) is 5.75 Å². The van der Waals surface area contributed by atoms with Crippen molar-refractivity contribution in [1.82, 2.24) is 9.97 Å². The Morgan fingerprint density at radius 3 is 2.77 bits per heavy atom. The first-order chi connectivity index (χ1) is 12.4. The van der Waals surface area contributed by atoms with E-state index in [0.29, 0.717) is 28.8 Å². The molecule has 0 aliphatic rings. The number of anilines is 1. The van der Waals surface area contributed by atoms with Gasteiger partial charge in [0.15, 0.2) is 5.75 Å². The molecular weight excluding hydrogens is 356 g/mol. The topological polar surface area (TPSA) is 90.2 Å². The minimum Gasteiger partial charge on any atom is -0.485 e. The molecule has 0 fully saturated rings. The van der Waals surface area contributed by atoms with Crippen LogP contribution in [0.2, 0.25) is 5.02 Å². The summed E-state index contributed by atoms with van der Waals surface area (Å²) in [6.45, 7) is 6.37. The predicted molar refractivity (Wildman–Crippen MR) is 102 cm³/mol. The van der Waals surface area contributed by atoms with Crippen LogP contribution in [0, 0.1) is 24.0 Å². The van der Waals surface area contributed by atoms with Crippen molar-refractivity contribution in [2.24, 2.45) is 0 Å². The van der Waals surface area contributed by atoms with Gasteiger partial charge in [-0.25, -0.2) is 9.97 Å². The third-order valence-corrected chi connectivity index (χ3v) is 4.39. The van der Waals surface area contributed by atoms with Gasteiger partial charge in [-0.3, -0.25) is 10.1 Å². The van der Waals surface area contributed by atoms with E-state index in [9.17, 15) is 10.1 Å². The van der Waals surface area contributed by atoms with Gasteiger partial charge < -0.3 is 10.1 Å². The first-order valence-corrected chi connectivity index (χ1v) is 8.93. The Morgan fingerprint density at radius 2 is 2.08 bits per heavy atom. The molecule has 26 heavy (non-hydrogen) atoms. The highest BCUT2D eigenvalue weighted by Crippen LogP contribution is 2.32. The molecule has 1 heterocycles. The molecule has 0 aliphatic heterocycles. The van der Waals surface area contributed by atoms with E-state index in [2.05, 4.69) is 22.2 Å². The van der Waals surface area contributed by atoms with E-state index in [1.54, 1.807) is 13.0 Å². The smallest absolute Gasteiger partial charge is 0.311 e. The average molecular weight is 379 g/mol. The first kappa shape index (κ1) is 19.9. The maximum absolute atomic E-state index is 11.4. The van der Waals surface area contributed by atoms with Crippen LogP contribution in [0.25, 0.3) is 0 Å². The van der Waals surface area contributed by atoms with Gasteiger partial charge in [-0.05, 0) is 37.8 Å². The second-order valence-electron chi connectivity index (χ2n) is 6.02. The first-order valence-electron chi connectivity index (χ1n) is 8.55. The maximum Gasteiger partial charge on any atom is 0.311 e. The van der Waals surface area contributed by atoms with Crippen LogP contribution in [0.3, 0.4) is 0 Å². The molecule has 1 N–H and O–H groups in total. The van der Waals surface area contributed by atoms with Gasteiger partial charge in [0.05, 0.1) is 17.2 Å². The summed E-state index contributed by atoms with van der Waals surface area (Å²) in [6, 6.07) is 3.56. The normalized spacial score (nSPS) is 10.6. The molecule has 2 rings (SSSR count). The molecule has 1 aromatic carbocycles.